The fraction of sp³-hybridized carbons (Fsp3) is 0.571. The van der Waals surface area contributed by atoms with Crippen molar-refractivity contribution in [2.45, 2.75) is 31.3 Å². The summed E-state index contributed by atoms with van der Waals surface area (Å²) < 4.78 is 5.31. The first-order valence-electron chi connectivity index (χ1n) is 6.38. The van der Waals surface area contributed by atoms with Gasteiger partial charge in [-0.25, -0.2) is 0 Å². The molecule has 17 heavy (non-hydrogen) atoms. The van der Waals surface area contributed by atoms with Crippen molar-refractivity contribution in [3.05, 3.63) is 23.8 Å². The highest BCUT2D eigenvalue weighted by Crippen LogP contribution is 2.46. The SMILES string of the molecule is COc1ccc2c(c1)N(C)C1CCCC1C2N. The number of ether oxygens (including phenoxy) is 1. The van der Waals surface area contributed by atoms with Crippen LogP contribution in [-0.4, -0.2) is 20.2 Å². The van der Waals surface area contributed by atoms with Crippen molar-refractivity contribution in [2.24, 2.45) is 11.7 Å². The van der Waals surface area contributed by atoms with E-state index < -0.39 is 0 Å². The number of fused-ring (bicyclic) bond motifs is 2. The van der Waals surface area contributed by atoms with E-state index in [9.17, 15) is 0 Å². The molecule has 1 fully saturated rings. The van der Waals surface area contributed by atoms with Gasteiger partial charge in [-0.3, -0.25) is 0 Å². The highest BCUT2D eigenvalue weighted by molar-refractivity contribution is 5.61. The molecule has 1 aliphatic carbocycles. The van der Waals surface area contributed by atoms with Crippen LogP contribution in [0.5, 0.6) is 5.75 Å². The summed E-state index contributed by atoms with van der Waals surface area (Å²) in [5.41, 5.74) is 8.94. The van der Waals surface area contributed by atoms with Gasteiger partial charge in [-0.15, -0.1) is 0 Å². The average Bonchev–Trinajstić information content (AvgIpc) is 2.85. The molecule has 3 unspecified atom stereocenters. The molecule has 0 spiro atoms. The van der Waals surface area contributed by atoms with Crippen molar-refractivity contribution in [1.29, 1.82) is 0 Å². The Bertz CT molecular complexity index is 432. The van der Waals surface area contributed by atoms with E-state index >= 15 is 0 Å². The van der Waals surface area contributed by atoms with Gasteiger partial charge in [0.25, 0.3) is 0 Å². The molecule has 0 saturated heterocycles. The van der Waals surface area contributed by atoms with Crippen LogP contribution in [0.1, 0.15) is 30.9 Å². The van der Waals surface area contributed by atoms with E-state index in [1.54, 1.807) is 7.11 Å². The van der Waals surface area contributed by atoms with Crippen molar-refractivity contribution < 1.29 is 4.74 Å². The molecule has 2 N–H and O–H groups in total. The minimum atomic E-state index is 0.194. The third-order valence-corrected chi connectivity index (χ3v) is 4.47. The van der Waals surface area contributed by atoms with Gasteiger partial charge in [0.2, 0.25) is 0 Å². The number of anilines is 1. The maximum atomic E-state index is 6.42. The van der Waals surface area contributed by atoms with E-state index in [4.69, 9.17) is 10.5 Å². The zero-order chi connectivity index (χ0) is 12.0. The highest BCUT2D eigenvalue weighted by atomic mass is 16.5. The number of benzene rings is 1. The molecule has 1 heterocycles. The molecule has 0 bridgehead atoms. The number of rotatable bonds is 1. The van der Waals surface area contributed by atoms with E-state index in [1.807, 2.05) is 6.07 Å². The van der Waals surface area contributed by atoms with Crippen LogP contribution in [0.2, 0.25) is 0 Å². The van der Waals surface area contributed by atoms with Crippen molar-refractivity contribution in [3.63, 3.8) is 0 Å². The molecule has 3 heteroatoms. The Morgan fingerprint density at radius 2 is 2.18 bits per heavy atom. The molecule has 3 nitrogen and oxygen atoms in total. The van der Waals surface area contributed by atoms with Crippen LogP contribution < -0.4 is 15.4 Å². The zero-order valence-corrected chi connectivity index (χ0v) is 10.5. The Hall–Kier alpha value is -1.22. The fourth-order valence-corrected chi connectivity index (χ4v) is 3.52. The van der Waals surface area contributed by atoms with Crippen molar-refractivity contribution in [2.75, 3.05) is 19.1 Å². The third kappa shape index (κ3) is 1.53. The molecule has 1 aliphatic heterocycles. The van der Waals surface area contributed by atoms with Gasteiger partial charge < -0.3 is 15.4 Å². The minimum absolute atomic E-state index is 0.194. The largest absolute Gasteiger partial charge is 0.497 e. The van der Waals surface area contributed by atoms with E-state index in [0.29, 0.717) is 12.0 Å². The molecule has 1 aromatic rings. The van der Waals surface area contributed by atoms with Gasteiger partial charge in [-0.1, -0.05) is 12.5 Å². The average molecular weight is 232 g/mol. The topological polar surface area (TPSA) is 38.5 Å². The molecule has 2 aliphatic rings. The summed E-state index contributed by atoms with van der Waals surface area (Å²) in [6.45, 7) is 0. The van der Waals surface area contributed by atoms with Crippen LogP contribution in [0.3, 0.4) is 0 Å². The van der Waals surface area contributed by atoms with Gasteiger partial charge in [0.15, 0.2) is 0 Å². The Morgan fingerprint density at radius 1 is 1.35 bits per heavy atom. The van der Waals surface area contributed by atoms with Gasteiger partial charge in [-0.2, -0.15) is 0 Å². The first kappa shape index (κ1) is 10.9. The number of nitrogens with two attached hydrogens (primary N) is 1. The summed E-state index contributed by atoms with van der Waals surface area (Å²) in [6, 6.07) is 7.07. The fourth-order valence-electron chi connectivity index (χ4n) is 3.52. The van der Waals surface area contributed by atoms with Crippen LogP contribution in [0.25, 0.3) is 0 Å². The lowest BCUT2D eigenvalue weighted by Gasteiger charge is -2.41. The Morgan fingerprint density at radius 3 is 2.94 bits per heavy atom. The molecule has 0 aromatic heterocycles. The highest BCUT2D eigenvalue weighted by Gasteiger charge is 2.40. The Kier molecular flexibility index (Phi) is 2.51. The summed E-state index contributed by atoms with van der Waals surface area (Å²) in [5, 5.41) is 0. The number of hydrogen-bond acceptors (Lipinski definition) is 3. The molecule has 0 radical (unpaired) electrons. The molecule has 1 saturated carbocycles. The van der Waals surface area contributed by atoms with Gasteiger partial charge in [0.05, 0.1) is 7.11 Å². The first-order valence-corrected chi connectivity index (χ1v) is 6.38. The maximum Gasteiger partial charge on any atom is 0.120 e. The lowest BCUT2D eigenvalue weighted by Crippen LogP contribution is -2.44. The van der Waals surface area contributed by atoms with Crippen LogP contribution in [0, 0.1) is 5.92 Å². The lowest BCUT2D eigenvalue weighted by molar-refractivity contribution is 0.367. The molecule has 0 amide bonds. The summed E-state index contributed by atoms with van der Waals surface area (Å²) >= 11 is 0. The van der Waals surface area contributed by atoms with Crippen LogP contribution in [0.15, 0.2) is 18.2 Å². The van der Waals surface area contributed by atoms with Gasteiger partial charge >= 0.3 is 0 Å². The van der Waals surface area contributed by atoms with E-state index in [0.717, 1.165) is 5.75 Å². The van der Waals surface area contributed by atoms with Crippen molar-refractivity contribution in [3.8, 4) is 5.75 Å². The third-order valence-electron chi connectivity index (χ3n) is 4.47. The summed E-state index contributed by atoms with van der Waals surface area (Å²) in [5.74, 6) is 1.54. The van der Waals surface area contributed by atoms with Crippen LogP contribution in [0.4, 0.5) is 5.69 Å². The van der Waals surface area contributed by atoms with Gasteiger partial charge in [0.1, 0.15) is 5.75 Å². The van der Waals surface area contributed by atoms with E-state index in [2.05, 4.69) is 24.1 Å². The van der Waals surface area contributed by atoms with Crippen molar-refractivity contribution in [1.82, 2.24) is 0 Å². The van der Waals surface area contributed by atoms with E-state index in [1.165, 1.54) is 30.5 Å². The van der Waals surface area contributed by atoms with Crippen LogP contribution >= 0.6 is 0 Å². The second kappa shape index (κ2) is 3.91. The predicted octanol–water partition coefficient (Wildman–Crippen LogP) is 2.31. The summed E-state index contributed by atoms with van der Waals surface area (Å²) in [7, 11) is 3.90. The maximum absolute atomic E-state index is 6.42. The molecule has 3 atom stereocenters. The zero-order valence-electron chi connectivity index (χ0n) is 10.5. The summed E-state index contributed by atoms with van der Waals surface area (Å²) in [6.07, 6.45) is 3.84. The second-order valence-corrected chi connectivity index (χ2v) is 5.22. The molecular formula is C14H20N2O. The van der Waals surface area contributed by atoms with Gasteiger partial charge in [-0.05, 0) is 30.4 Å². The quantitative estimate of drug-likeness (QED) is 0.807. The smallest absolute Gasteiger partial charge is 0.120 e. The molecular weight excluding hydrogens is 212 g/mol. The minimum Gasteiger partial charge on any atom is -0.497 e. The number of methoxy groups -OCH3 is 1. The molecule has 3 rings (SSSR count). The normalized spacial score (nSPS) is 31.0. The van der Waals surface area contributed by atoms with Crippen LogP contribution in [-0.2, 0) is 0 Å². The standard InChI is InChI=1S/C14H20N2O/c1-16-12-5-3-4-10(12)14(15)11-7-6-9(17-2)8-13(11)16/h6-8,10,12,14H,3-5,15H2,1-2H3. The lowest BCUT2D eigenvalue weighted by atomic mass is 9.84. The van der Waals surface area contributed by atoms with Gasteiger partial charge in [0, 0.05) is 30.9 Å². The van der Waals surface area contributed by atoms with E-state index in [-0.39, 0.29) is 6.04 Å². The second-order valence-electron chi connectivity index (χ2n) is 5.22. The Labute approximate surface area is 103 Å². The Balaban J connectivity index is 2.07. The monoisotopic (exact) mass is 232 g/mol. The molecule has 1 aromatic carbocycles. The number of hydrogen-bond donors (Lipinski definition) is 1. The number of nitrogens with zero attached hydrogens (tertiary/aromatic N) is 1. The molecule has 92 valence electrons. The predicted molar refractivity (Wildman–Crippen MR) is 69.5 cm³/mol. The van der Waals surface area contributed by atoms with Crippen molar-refractivity contribution >= 4 is 5.69 Å². The summed E-state index contributed by atoms with van der Waals surface area (Å²) in [4.78, 5) is 2.40. The first-order chi connectivity index (χ1) is 8.22.